The lowest BCUT2D eigenvalue weighted by molar-refractivity contribution is -0.125. The van der Waals surface area contributed by atoms with Gasteiger partial charge in [0.25, 0.3) is 5.91 Å². The Bertz CT molecular complexity index is 922. The molecule has 0 aliphatic carbocycles. The Morgan fingerprint density at radius 3 is 2.68 bits per heavy atom. The van der Waals surface area contributed by atoms with Gasteiger partial charge in [0.1, 0.15) is 5.69 Å². The minimum atomic E-state index is -0.617. The van der Waals surface area contributed by atoms with Gasteiger partial charge in [-0.1, -0.05) is 24.3 Å². The highest BCUT2D eigenvalue weighted by Crippen LogP contribution is 2.26. The first kappa shape index (κ1) is 19.8. The summed E-state index contributed by atoms with van der Waals surface area (Å²) < 4.78 is 11.7. The number of aromatic nitrogens is 2. The Morgan fingerprint density at radius 1 is 1.21 bits per heavy atom. The largest absolute Gasteiger partial charge is 0.451 e. The molecule has 0 spiro atoms. The van der Waals surface area contributed by atoms with Gasteiger partial charge in [0.05, 0.1) is 17.2 Å². The Hall–Kier alpha value is -2.97. The highest BCUT2D eigenvalue weighted by atomic mass is 32.1. The van der Waals surface area contributed by atoms with Gasteiger partial charge < -0.3 is 14.8 Å². The summed E-state index contributed by atoms with van der Waals surface area (Å²) in [5, 5.41) is 9.20. The molecule has 1 aromatic carbocycles. The van der Waals surface area contributed by atoms with E-state index in [2.05, 4.69) is 10.4 Å². The smallest absolute Gasteiger partial charge is 0.357 e. The molecule has 0 fully saturated rings. The van der Waals surface area contributed by atoms with Crippen molar-refractivity contribution in [2.24, 2.45) is 0 Å². The van der Waals surface area contributed by atoms with E-state index in [-0.39, 0.29) is 24.2 Å². The molecule has 3 aromatic rings. The van der Waals surface area contributed by atoms with Crippen LogP contribution in [0.2, 0.25) is 0 Å². The molecular formula is C20H21N3O4S. The van der Waals surface area contributed by atoms with E-state index in [1.165, 1.54) is 16.0 Å². The molecule has 0 aliphatic heterocycles. The van der Waals surface area contributed by atoms with Crippen molar-refractivity contribution < 1.29 is 19.1 Å². The van der Waals surface area contributed by atoms with E-state index in [0.717, 1.165) is 10.6 Å². The summed E-state index contributed by atoms with van der Waals surface area (Å²) >= 11 is 1.53. The quantitative estimate of drug-likeness (QED) is 0.589. The zero-order chi connectivity index (χ0) is 19.9. The van der Waals surface area contributed by atoms with Gasteiger partial charge in [0.2, 0.25) is 0 Å². The van der Waals surface area contributed by atoms with Crippen molar-refractivity contribution in [1.82, 2.24) is 15.1 Å². The Labute approximate surface area is 166 Å². The molecule has 3 rings (SSSR count). The van der Waals surface area contributed by atoms with E-state index in [9.17, 15) is 9.59 Å². The normalized spacial score (nSPS) is 11.8. The summed E-state index contributed by atoms with van der Waals surface area (Å²) in [5.41, 5.74) is 1.66. The average molecular weight is 399 g/mol. The number of nitrogens with zero attached hydrogens (tertiary/aromatic N) is 2. The number of carbonyl (C=O) groups is 2. The summed E-state index contributed by atoms with van der Waals surface area (Å²) in [6.45, 7) is 1.81. The first-order valence-electron chi connectivity index (χ1n) is 8.73. The lowest BCUT2D eigenvalue weighted by Crippen LogP contribution is -2.38. The molecule has 146 valence electrons. The number of hydrogen-bond donors (Lipinski definition) is 1. The van der Waals surface area contributed by atoms with Crippen LogP contribution < -0.4 is 5.32 Å². The van der Waals surface area contributed by atoms with Crippen LogP contribution in [0, 0.1) is 0 Å². The van der Waals surface area contributed by atoms with Crippen molar-refractivity contribution in [2.45, 2.75) is 13.0 Å². The van der Waals surface area contributed by atoms with Crippen LogP contribution in [0.5, 0.6) is 0 Å². The van der Waals surface area contributed by atoms with Crippen LogP contribution in [-0.4, -0.2) is 48.0 Å². The molecule has 0 radical (unpaired) electrons. The van der Waals surface area contributed by atoms with Crippen LogP contribution in [0.1, 0.15) is 17.4 Å². The molecule has 0 saturated carbocycles. The molecule has 1 N–H and O–H groups in total. The van der Waals surface area contributed by atoms with E-state index in [0.29, 0.717) is 12.3 Å². The Morgan fingerprint density at radius 2 is 2.00 bits per heavy atom. The summed E-state index contributed by atoms with van der Waals surface area (Å²) in [4.78, 5) is 25.5. The van der Waals surface area contributed by atoms with Crippen LogP contribution in [0.3, 0.4) is 0 Å². The number of benzene rings is 1. The molecule has 0 aliphatic rings. The van der Waals surface area contributed by atoms with Gasteiger partial charge in [-0.05, 0) is 30.5 Å². The molecule has 2 heterocycles. The molecular weight excluding hydrogens is 378 g/mol. The molecule has 0 saturated heterocycles. The van der Waals surface area contributed by atoms with Gasteiger partial charge in [0.15, 0.2) is 12.3 Å². The third kappa shape index (κ3) is 4.85. The average Bonchev–Trinajstić information content (AvgIpc) is 3.36. The number of rotatable bonds is 8. The number of nitrogens with one attached hydrogen (secondary N) is 1. The van der Waals surface area contributed by atoms with E-state index >= 15 is 0 Å². The molecule has 2 aromatic heterocycles. The molecule has 1 unspecified atom stereocenters. The summed E-state index contributed by atoms with van der Waals surface area (Å²) in [7, 11) is 1.55. The number of carbonyl (C=O) groups excluding carboxylic acids is 2. The molecule has 8 heteroatoms. The SMILES string of the molecule is COCC(C)NC(=O)COC(=O)c1cc(-c2cccs2)nn1-c1ccccc1. The minimum Gasteiger partial charge on any atom is -0.451 e. The number of ether oxygens (including phenoxy) is 2. The lowest BCUT2D eigenvalue weighted by atomic mass is 10.3. The first-order chi connectivity index (χ1) is 13.6. The maximum atomic E-state index is 12.7. The van der Waals surface area contributed by atoms with E-state index < -0.39 is 5.97 Å². The van der Waals surface area contributed by atoms with Crippen molar-refractivity contribution in [3.8, 4) is 16.3 Å². The topological polar surface area (TPSA) is 82.4 Å². The first-order valence-corrected chi connectivity index (χ1v) is 9.61. The number of amides is 1. The van der Waals surface area contributed by atoms with E-state index in [1.807, 2.05) is 47.8 Å². The number of esters is 1. The third-order valence-corrected chi connectivity index (χ3v) is 4.74. The molecule has 1 atom stereocenters. The maximum absolute atomic E-state index is 12.7. The summed E-state index contributed by atoms with van der Waals surface area (Å²) in [6, 6.07) is 14.7. The van der Waals surface area contributed by atoms with Crippen molar-refractivity contribution in [3.63, 3.8) is 0 Å². The van der Waals surface area contributed by atoms with Gasteiger partial charge in [-0.2, -0.15) is 5.10 Å². The maximum Gasteiger partial charge on any atom is 0.357 e. The van der Waals surface area contributed by atoms with Crippen molar-refractivity contribution in [2.75, 3.05) is 20.3 Å². The molecule has 7 nitrogen and oxygen atoms in total. The number of para-hydroxylation sites is 1. The van der Waals surface area contributed by atoms with Gasteiger partial charge >= 0.3 is 5.97 Å². The number of hydrogen-bond acceptors (Lipinski definition) is 6. The van der Waals surface area contributed by atoms with Gasteiger partial charge in [-0.25, -0.2) is 9.48 Å². The monoisotopic (exact) mass is 399 g/mol. The van der Waals surface area contributed by atoms with Gasteiger partial charge in [-0.15, -0.1) is 11.3 Å². The minimum absolute atomic E-state index is 0.170. The summed E-state index contributed by atoms with van der Waals surface area (Å²) in [5.74, 6) is -1.00. The van der Waals surface area contributed by atoms with Crippen molar-refractivity contribution in [3.05, 3.63) is 59.6 Å². The second-order valence-electron chi connectivity index (χ2n) is 6.14. The molecule has 1 amide bonds. The fourth-order valence-electron chi connectivity index (χ4n) is 2.65. The van der Waals surface area contributed by atoms with Crippen LogP contribution >= 0.6 is 11.3 Å². The second-order valence-corrected chi connectivity index (χ2v) is 7.09. The zero-order valence-electron chi connectivity index (χ0n) is 15.6. The van der Waals surface area contributed by atoms with Crippen LogP contribution in [0.25, 0.3) is 16.3 Å². The summed E-state index contributed by atoms with van der Waals surface area (Å²) in [6.07, 6.45) is 0. The number of methoxy groups -OCH3 is 1. The van der Waals surface area contributed by atoms with Crippen LogP contribution in [0.15, 0.2) is 53.9 Å². The predicted molar refractivity (Wildman–Crippen MR) is 107 cm³/mol. The van der Waals surface area contributed by atoms with Gasteiger partial charge in [-0.3, -0.25) is 4.79 Å². The van der Waals surface area contributed by atoms with Crippen molar-refractivity contribution in [1.29, 1.82) is 0 Å². The lowest BCUT2D eigenvalue weighted by Gasteiger charge is -2.13. The van der Waals surface area contributed by atoms with Gasteiger partial charge in [0, 0.05) is 19.2 Å². The Kier molecular flexibility index (Phi) is 6.57. The Balaban J connectivity index is 1.78. The van der Waals surface area contributed by atoms with E-state index in [1.54, 1.807) is 20.1 Å². The highest BCUT2D eigenvalue weighted by Gasteiger charge is 2.20. The standard InChI is InChI=1S/C20H21N3O4S/c1-14(12-26-2)21-19(24)13-27-20(25)17-11-16(18-9-6-10-28-18)22-23(17)15-7-4-3-5-8-15/h3-11,14H,12-13H2,1-2H3,(H,21,24). The zero-order valence-corrected chi connectivity index (χ0v) is 16.4. The fourth-order valence-corrected chi connectivity index (χ4v) is 3.33. The predicted octanol–water partition coefficient (Wildman–Crippen LogP) is 2.91. The van der Waals surface area contributed by atoms with E-state index in [4.69, 9.17) is 9.47 Å². The number of thiophene rings is 1. The fraction of sp³-hybridized carbons (Fsp3) is 0.250. The second kappa shape index (κ2) is 9.29. The molecule has 0 bridgehead atoms. The van der Waals surface area contributed by atoms with Crippen LogP contribution in [0.4, 0.5) is 0 Å². The van der Waals surface area contributed by atoms with Crippen molar-refractivity contribution >= 4 is 23.2 Å². The highest BCUT2D eigenvalue weighted by molar-refractivity contribution is 7.13. The molecule has 28 heavy (non-hydrogen) atoms. The third-order valence-electron chi connectivity index (χ3n) is 3.85. The van der Waals surface area contributed by atoms with Crippen LogP contribution in [-0.2, 0) is 14.3 Å².